The van der Waals surface area contributed by atoms with Crippen molar-refractivity contribution >= 4 is 0 Å². The first-order valence-corrected chi connectivity index (χ1v) is 9.18. The molecule has 0 saturated heterocycles. The molecule has 1 aromatic heterocycles. The third kappa shape index (κ3) is 5.08. The fraction of sp³-hybridized carbons (Fsp3) is 0.0800. The average Bonchev–Trinajstić information content (AvgIpc) is 2.75. The van der Waals surface area contributed by atoms with Gasteiger partial charge in [0.15, 0.2) is 18.9 Å². The number of benzene rings is 3. The van der Waals surface area contributed by atoms with Crippen molar-refractivity contribution in [3.63, 3.8) is 0 Å². The Labute approximate surface area is 176 Å². The van der Waals surface area contributed by atoms with Crippen LogP contribution < -0.4 is 26.3 Å². The van der Waals surface area contributed by atoms with E-state index in [9.17, 15) is 0 Å². The predicted octanol–water partition coefficient (Wildman–Crippen LogP) is 2.19. The molecule has 0 aliphatic carbocycles. The monoisotopic (exact) mass is 431 g/mol. The van der Waals surface area contributed by atoms with Gasteiger partial charge in [-0.3, -0.25) is 0 Å². The second-order valence-electron chi connectivity index (χ2n) is 6.51. The molecule has 1 heterocycles. The summed E-state index contributed by atoms with van der Waals surface area (Å²) in [4.78, 5) is 0. The SMILES string of the molecule is [Br-].c1ccc(C(Oc2ccc(C[n+]3ccccc3)cc2)c2ccccc2)cc1. The molecule has 4 rings (SSSR count). The molecule has 0 unspecified atom stereocenters. The smallest absolute Gasteiger partial charge is 0.173 e. The summed E-state index contributed by atoms with van der Waals surface area (Å²) in [6, 6.07) is 35.2. The number of pyridine rings is 1. The minimum atomic E-state index is -0.123. The van der Waals surface area contributed by atoms with Crippen LogP contribution in [0, 0.1) is 0 Å². The molecular formula is C25H22BrNO. The first-order valence-electron chi connectivity index (χ1n) is 9.18. The first-order chi connectivity index (χ1) is 13.4. The van der Waals surface area contributed by atoms with Crippen molar-refractivity contribution < 1.29 is 26.3 Å². The zero-order valence-corrected chi connectivity index (χ0v) is 17.1. The summed E-state index contributed by atoms with van der Waals surface area (Å²) in [5.41, 5.74) is 3.54. The van der Waals surface area contributed by atoms with E-state index in [1.54, 1.807) is 0 Å². The van der Waals surface area contributed by atoms with Gasteiger partial charge in [0, 0.05) is 17.7 Å². The molecule has 4 aromatic rings. The van der Waals surface area contributed by atoms with Crippen LogP contribution in [0.3, 0.4) is 0 Å². The van der Waals surface area contributed by atoms with Gasteiger partial charge in [-0.05, 0) is 35.4 Å². The molecular weight excluding hydrogens is 410 g/mol. The highest BCUT2D eigenvalue weighted by Crippen LogP contribution is 2.28. The summed E-state index contributed by atoms with van der Waals surface area (Å²) < 4.78 is 8.54. The number of aromatic nitrogens is 1. The van der Waals surface area contributed by atoms with Crippen LogP contribution in [0.5, 0.6) is 5.75 Å². The summed E-state index contributed by atoms with van der Waals surface area (Å²) in [6.45, 7) is 0.849. The molecule has 0 radical (unpaired) electrons. The van der Waals surface area contributed by atoms with Crippen LogP contribution >= 0.6 is 0 Å². The van der Waals surface area contributed by atoms with Crippen LogP contribution in [0.15, 0.2) is 116 Å². The van der Waals surface area contributed by atoms with Crippen LogP contribution in [-0.4, -0.2) is 0 Å². The Balaban J connectivity index is 0.00000225. The van der Waals surface area contributed by atoms with Crippen molar-refractivity contribution in [2.24, 2.45) is 0 Å². The van der Waals surface area contributed by atoms with Crippen LogP contribution in [0.2, 0.25) is 0 Å². The molecule has 0 spiro atoms. The van der Waals surface area contributed by atoms with E-state index in [0.717, 1.165) is 23.4 Å². The lowest BCUT2D eigenvalue weighted by molar-refractivity contribution is -0.688. The minimum absolute atomic E-state index is 0. The van der Waals surface area contributed by atoms with Gasteiger partial charge in [-0.25, -0.2) is 4.57 Å². The molecule has 0 N–H and O–H groups in total. The van der Waals surface area contributed by atoms with Gasteiger partial charge in [0.1, 0.15) is 11.9 Å². The highest BCUT2D eigenvalue weighted by atomic mass is 79.9. The Morgan fingerprint density at radius 2 is 1.11 bits per heavy atom. The summed E-state index contributed by atoms with van der Waals surface area (Å²) in [5.74, 6) is 0.870. The Morgan fingerprint density at radius 3 is 1.64 bits per heavy atom. The third-order valence-corrected chi connectivity index (χ3v) is 4.52. The van der Waals surface area contributed by atoms with E-state index in [1.165, 1.54) is 5.56 Å². The third-order valence-electron chi connectivity index (χ3n) is 4.52. The number of rotatable bonds is 6. The van der Waals surface area contributed by atoms with Crippen molar-refractivity contribution in [2.45, 2.75) is 12.6 Å². The van der Waals surface area contributed by atoms with Crippen molar-refractivity contribution in [3.8, 4) is 5.75 Å². The van der Waals surface area contributed by atoms with Gasteiger partial charge in [0.2, 0.25) is 0 Å². The van der Waals surface area contributed by atoms with E-state index in [0.29, 0.717) is 0 Å². The summed E-state index contributed by atoms with van der Waals surface area (Å²) in [5, 5.41) is 0. The van der Waals surface area contributed by atoms with Gasteiger partial charge < -0.3 is 21.7 Å². The Bertz CT molecular complexity index is 918. The number of hydrogen-bond donors (Lipinski definition) is 0. The van der Waals surface area contributed by atoms with Gasteiger partial charge in [-0.15, -0.1) is 0 Å². The molecule has 0 aliphatic rings. The quantitative estimate of drug-likeness (QED) is 0.426. The van der Waals surface area contributed by atoms with Crippen molar-refractivity contribution in [1.82, 2.24) is 0 Å². The number of halogens is 1. The summed E-state index contributed by atoms with van der Waals surface area (Å²) in [7, 11) is 0. The fourth-order valence-corrected chi connectivity index (χ4v) is 3.14. The lowest BCUT2D eigenvalue weighted by Gasteiger charge is -2.20. The maximum absolute atomic E-state index is 6.38. The van der Waals surface area contributed by atoms with E-state index in [-0.39, 0.29) is 23.1 Å². The second kappa shape index (κ2) is 9.86. The molecule has 0 aliphatic heterocycles. The van der Waals surface area contributed by atoms with Crippen LogP contribution in [0.1, 0.15) is 22.8 Å². The molecule has 2 nitrogen and oxygen atoms in total. The van der Waals surface area contributed by atoms with E-state index < -0.39 is 0 Å². The van der Waals surface area contributed by atoms with Crippen molar-refractivity contribution in [1.29, 1.82) is 0 Å². The maximum Gasteiger partial charge on any atom is 0.173 e. The first kappa shape index (κ1) is 19.8. The molecule has 140 valence electrons. The Morgan fingerprint density at radius 1 is 0.607 bits per heavy atom. The summed E-state index contributed by atoms with van der Waals surface area (Å²) in [6.07, 6.45) is 4.03. The zero-order chi connectivity index (χ0) is 18.3. The molecule has 3 aromatic carbocycles. The number of nitrogens with zero attached hydrogens (tertiary/aromatic N) is 1. The number of hydrogen-bond acceptors (Lipinski definition) is 1. The lowest BCUT2D eigenvalue weighted by Crippen LogP contribution is -3.00. The average molecular weight is 432 g/mol. The number of ether oxygens (including phenoxy) is 1. The Kier molecular flexibility index (Phi) is 6.99. The molecule has 3 heteroatoms. The molecule has 28 heavy (non-hydrogen) atoms. The van der Waals surface area contributed by atoms with Gasteiger partial charge in [-0.1, -0.05) is 66.7 Å². The van der Waals surface area contributed by atoms with Crippen LogP contribution in [0.4, 0.5) is 0 Å². The highest BCUT2D eigenvalue weighted by Gasteiger charge is 2.15. The zero-order valence-electron chi connectivity index (χ0n) is 15.5. The van der Waals surface area contributed by atoms with Crippen molar-refractivity contribution in [2.75, 3.05) is 0 Å². The van der Waals surface area contributed by atoms with E-state index >= 15 is 0 Å². The van der Waals surface area contributed by atoms with Gasteiger partial charge in [0.25, 0.3) is 0 Å². The molecule has 0 amide bonds. The standard InChI is InChI=1S/C25H22NO.BrH/c1-4-10-22(11-5-1)25(23-12-6-2-7-13-23)27-24-16-14-21(15-17-24)20-26-18-8-3-9-19-26;/h1-19,25H,20H2;1H/q+1;/p-1. The largest absolute Gasteiger partial charge is 1.00 e. The van der Waals surface area contributed by atoms with Gasteiger partial charge in [-0.2, -0.15) is 0 Å². The van der Waals surface area contributed by atoms with E-state index in [4.69, 9.17) is 4.74 Å². The minimum Gasteiger partial charge on any atom is -1.00 e. The molecule has 0 saturated carbocycles. The van der Waals surface area contributed by atoms with Crippen LogP contribution in [0.25, 0.3) is 0 Å². The molecule has 0 fully saturated rings. The van der Waals surface area contributed by atoms with E-state index in [1.807, 2.05) is 30.3 Å². The highest BCUT2D eigenvalue weighted by molar-refractivity contribution is 5.34. The van der Waals surface area contributed by atoms with Crippen molar-refractivity contribution in [3.05, 3.63) is 132 Å². The molecule has 0 atom stereocenters. The second-order valence-corrected chi connectivity index (χ2v) is 6.51. The van der Waals surface area contributed by atoms with E-state index in [2.05, 4.69) is 89.8 Å². The van der Waals surface area contributed by atoms with Gasteiger partial charge in [0.05, 0.1) is 0 Å². The molecule has 0 bridgehead atoms. The van der Waals surface area contributed by atoms with Gasteiger partial charge >= 0.3 is 0 Å². The van der Waals surface area contributed by atoms with Crippen LogP contribution in [-0.2, 0) is 6.54 Å². The Hall–Kier alpha value is -2.91. The topological polar surface area (TPSA) is 13.1 Å². The maximum atomic E-state index is 6.38. The normalized spacial score (nSPS) is 10.3. The predicted molar refractivity (Wildman–Crippen MR) is 108 cm³/mol. The lowest BCUT2D eigenvalue weighted by atomic mass is 10.0. The summed E-state index contributed by atoms with van der Waals surface area (Å²) >= 11 is 0. The fourth-order valence-electron chi connectivity index (χ4n) is 3.14.